The molecule has 1 unspecified atom stereocenters. The van der Waals surface area contributed by atoms with E-state index < -0.39 is 0 Å². The van der Waals surface area contributed by atoms with Crippen molar-refractivity contribution in [1.29, 1.82) is 5.26 Å². The third kappa shape index (κ3) is 2.30. The normalized spacial score (nSPS) is 25.3. The summed E-state index contributed by atoms with van der Waals surface area (Å²) in [5.41, 5.74) is 3.31. The van der Waals surface area contributed by atoms with Crippen molar-refractivity contribution in [3.8, 4) is 6.07 Å². The van der Waals surface area contributed by atoms with E-state index >= 15 is 0 Å². The van der Waals surface area contributed by atoms with Gasteiger partial charge in [0, 0.05) is 31.4 Å². The van der Waals surface area contributed by atoms with Crippen LogP contribution in [0.15, 0.2) is 6.07 Å². The summed E-state index contributed by atoms with van der Waals surface area (Å²) in [6.45, 7) is 4.42. The molecule has 21 heavy (non-hydrogen) atoms. The minimum Gasteiger partial charge on any atom is -0.353 e. The SMILES string of the molecule is N#Cc1cc2c(nc1N1CCN3CCCCC3C1)CCC2. The van der Waals surface area contributed by atoms with Gasteiger partial charge >= 0.3 is 0 Å². The van der Waals surface area contributed by atoms with Crippen LogP contribution in [0.4, 0.5) is 5.82 Å². The molecule has 0 saturated carbocycles. The van der Waals surface area contributed by atoms with Crippen molar-refractivity contribution in [1.82, 2.24) is 9.88 Å². The van der Waals surface area contributed by atoms with Gasteiger partial charge in [-0.05, 0) is 50.3 Å². The molecule has 0 bridgehead atoms. The number of rotatable bonds is 1. The molecule has 0 spiro atoms. The molecule has 0 N–H and O–H groups in total. The Bertz CT molecular complexity index is 589. The predicted molar refractivity (Wildman–Crippen MR) is 82.4 cm³/mol. The number of nitrogens with zero attached hydrogens (tertiary/aromatic N) is 4. The molecule has 2 fully saturated rings. The number of hydrogen-bond donors (Lipinski definition) is 0. The predicted octanol–water partition coefficient (Wildman–Crippen LogP) is 2.12. The van der Waals surface area contributed by atoms with E-state index in [9.17, 15) is 5.26 Å². The fourth-order valence-electron chi connectivity index (χ4n) is 4.13. The van der Waals surface area contributed by atoms with Gasteiger partial charge in [-0.1, -0.05) is 6.42 Å². The Labute approximate surface area is 126 Å². The Morgan fingerprint density at radius 3 is 3.00 bits per heavy atom. The molecule has 0 radical (unpaired) electrons. The van der Waals surface area contributed by atoms with Crippen LogP contribution in [-0.2, 0) is 12.8 Å². The zero-order chi connectivity index (χ0) is 14.2. The molecule has 1 aromatic heterocycles. The quantitative estimate of drug-likeness (QED) is 0.791. The molecule has 0 amide bonds. The maximum absolute atomic E-state index is 9.49. The van der Waals surface area contributed by atoms with E-state index in [1.807, 2.05) is 0 Å². The van der Waals surface area contributed by atoms with E-state index in [1.165, 1.54) is 43.5 Å². The molecule has 2 aliphatic heterocycles. The van der Waals surface area contributed by atoms with E-state index in [1.54, 1.807) is 0 Å². The van der Waals surface area contributed by atoms with Gasteiger partial charge in [-0.15, -0.1) is 0 Å². The molecule has 4 nitrogen and oxygen atoms in total. The molecule has 2 saturated heterocycles. The molecule has 3 heterocycles. The van der Waals surface area contributed by atoms with Crippen molar-refractivity contribution in [2.45, 2.75) is 44.6 Å². The van der Waals surface area contributed by atoms with Gasteiger partial charge in [0.1, 0.15) is 11.9 Å². The number of piperazine rings is 1. The minimum atomic E-state index is 0.661. The van der Waals surface area contributed by atoms with Gasteiger partial charge in [0.15, 0.2) is 0 Å². The maximum atomic E-state index is 9.49. The van der Waals surface area contributed by atoms with Crippen molar-refractivity contribution < 1.29 is 0 Å². The van der Waals surface area contributed by atoms with Crippen molar-refractivity contribution in [3.63, 3.8) is 0 Å². The molecular weight excluding hydrogens is 260 g/mol. The van der Waals surface area contributed by atoms with Gasteiger partial charge < -0.3 is 4.90 Å². The van der Waals surface area contributed by atoms with Gasteiger partial charge in [-0.3, -0.25) is 4.90 Å². The zero-order valence-electron chi connectivity index (χ0n) is 12.5. The summed E-state index contributed by atoms with van der Waals surface area (Å²) in [7, 11) is 0. The van der Waals surface area contributed by atoms with E-state index in [4.69, 9.17) is 4.98 Å². The average molecular weight is 282 g/mol. The van der Waals surface area contributed by atoms with Crippen LogP contribution in [-0.4, -0.2) is 42.1 Å². The molecule has 0 aromatic carbocycles. The topological polar surface area (TPSA) is 43.2 Å². The summed E-state index contributed by atoms with van der Waals surface area (Å²) < 4.78 is 0. The van der Waals surface area contributed by atoms with E-state index in [-0.39, 0.29) is 0 Å². The fourth-order valence-corrected chi connectivity index (χ4v) is 4.13. The summed E-state index contributed by atoms with van der Waals surface area (Å²) in [6.07, 6.45) is 7.34. The number of piperidine rings is 1. The van der Waals surface area contributed by atoms with Crippen LogP contribution in [0.25, 0.3) is 0 Å². The first kappa shape index (κ1) is 13.1. The molecular formula is C17H22N4. The van der Waals surface area contributed by atoms with Crippen LogP contribution in [0.1, 0.15) is 42.5 Å². The van der Waals surface area contributed by atoms with Crippen LogP contribution in [0.5, 0.6) is 0 Å². The minimum absolute atomic E-state index is 0.661. The Hall–Kier alpha value is -1.60. The first-order valence-corrected chi connectivity index (χ1v) is 8.27. The second-order valence-corrected chi connectivity index (χ2v) is 6.56. The second-order valence-electron chi connectivity index (χ2n) is 6.56. The lowest BCUT2D eigenvalue weighted by Gasteiger charge is -2.44. The van der Waals surface area contributed by atoms with Gasteiger partial charge in [-0.2, -0.15) is 5.26 Å². The van der Waals surface area contributed by atoms with Gasteiger partial charge in [0.25, 0.3) is 0 Å². The first-order chi connectivity index (χ1) is 10.3. The summed E-state index contributed by atoms with van der Waals surface area (Å²) in [5, 5.41) is 9.49. The standard InChI is InChI=1S/C17H22N4/c18-11-14-10-13-4-3-6-16(13)19-17(14)21-9-8-20-7-2-1-5-15(20)12-21/h10,15H,1-9,12H2. The number of nitriles is 1. The Kier molecular flexibility index (Phi) is 3.31. The lowest BCUT2D eigenvalue weighted by atomic mass is 9.99. The highest BCUT2D eigenvalue weighted by Gasteiger charge is 2.31. The number of fused-ring (bicyclic) bond motifs is 2. The van der Waals surface area contributed by atoms with Crippen LogP contribution < -0.4 is 4.90 Å². The van der Waals surface area contributed by atoms with Crippen LogP contribution >= 0.6 is 0 Å². The number of hydrogen-bond acceptors (Lipinski definition) is 4. The first-order valence-electron chi connectivity index (χ1n) is 8.27. The van der Waals surface area contributed by atoms with Crippen LogP contribution in [0.2, 0.25) is 0 Å². The lowest BCUT2D eigenvalue weighted by Crippen LogP contribution is -2.55. The average Bonchev–Trinajstić information content (AvgIpc) is 3.00. The van der Waals surface area contributed by atoms with Crippen molar-refractivity contribution in [2.75, 3.05) is 31.1 Å². The van der Waals surface area contributed by atoms with Crippen molar-refractivity contribution in [3.05, 3.63) is 22.9 Å². The zero-order valence-corrected chi connectivity index (χ0v) is 12.5. The third-order valence-electron chi connectivity index (χ3n) is 5.29. The third-order valence-corrected chi connectivity index (χ3v) is 5.29. The maximum Gasteiger partial charge on any atom is 0.146 e. The summed E-state index contributed by atoms with van der Waals surface area (Å²) in [4.78, 5) is 9.86. The highest BCUT2D eigenvalue weighted by molar-refractivity contribution is 5.57. The number of aryl methyl sites for hydroxylation is 2. The van der Waals surface area contributed by atoms with Gasteiger partial charge in [0.05, 0.1) is 5.56 Å². The lowest BCUT2D eigenvalue weighted by molar-refractivity contribution is 0.133. The molecule has 1 atom stereocenters. The number of pyridine rings is 1. The monoisotopic (exact) mass is 282 g/mol. The van der Waals surface area contributed by atoms with Crippen molar-refractivity contribution in [2.24, 2.45) is 0 Å². The highest BCUT2D eigenvalue weighted by atomic mass is 15.3. The van der Waals surface area contributed by atoms with Gasteiger partial charge in [-0.25, -0.2) is 4.98 Å². The number of anilines is 1. The largest absolute Gasteiger partial charge is 0.353 e. The van der Waals surface area contributed by atoms with E-state index in [0.717, 1.165) is 43.9 Å². The Morgan fingerprint density at radius 2 is 2.10 bits per heavy atom. The van der Waals surface area contributed by atoms with Crippen LogP contribution in [0, 0.1) is 11.3 Å². The Balaban J connectivity index is 1.63. The smallest absolute Gasteiger partial charge is 0.146 e. The highest BCUT2D eigenvalue weighted by Crippen LogP contribution is 2.30. The number of aromatic nitrogens is 1. The van der Waals surface area contributed by atoms with E-state index in [0.29, 0.717) is 6.04 Å². The Morgan fingerprint density at radius 1 is 1.14 bits per heavy atom. The summed E-state index contributed by atoms with van der Waals surface area (Å²) in [5.74, 6) is 0.948. The molecule has 3 aliphatic rings. The fraction of sp³-hybridized carbons (Fsp3) is 0.647. The molecule has 4 heteroatoms. The summed E-state index contributed by atoms with van der Waals surface area (Å²) in [6, 6.07) is 5.13. The molecule has 4 rings (SSSR count). The van der Waals surface area contributed by atoms with Crippen molar-refractivity contribution >= 4 is 5.82 Å². The molecule has 1 aromatic rings. The van der Waals surface area contributed by atoms with Crippen LogP contribution in [0.3, 0.4) is 0 Å². The van der Waals surface area contributed by atoms with E-state index in [2.05, 4.69) is 21.9 Å². The van der Waals surface area contributed by atoms with Gasteiger partial charge in [0.2, 0.25) is 0 Å². The summed E-state index contributed by atoms with van der Waals surface area (Å²) >= 11 is 0. The second kappa shape index (κ2) is 5.31. The molecule has 110 valence electrons. The molecule has 1 aliphatic carbocycles.